The third-order valence-corrected chi connectivity index (χ3v) is 4.00. The summed E-state index contributed by atoms with van der Waals surface area (Å²) in [5.41, 5.74) is 4.46. The predicted molar refractivity (Wildman–Crippen MR) is 96.4 cm³/mol. The van der Waals surface area contributed by atoms with Crippen molar-refractivity contribution in [2.75, 3.05) is 17.2 Å². The molecule has 0 aromatic heterocycles. The molecule has 0 unspecified atom stereocenters. The third-order valence-electron chi connectivity index (χ3n) is 3.50. The number of hydrogen-bond donors (Lipinski definition) is 2. The SMILES string of the molecule is CCc1cccc(C)c1NCCC(=O)Nc1cccc(Br)c1. The van der Waals surface area contributed by atoms with E-state index in [9.17, 15) is 4.79 Å². The van der Waals surface area contributed by atoms with Gasteiger partial charge in [0.1, 0.15) is 0 Å². The number of rotatable bonds is 6. The fourth-order valence-electron chi connectivity index (χ4n) is 2.37. The molecule has 22 heavy (non-hydrogen) atoms. The van der Waals surface area contributed by atoms with Gasteiger partial charge in [-0.25, -0.2) is 0 Å². The van der Waals surface area contributed by atoms with Crippen molar-refractivity contribution >= 4 is 33.2 Å². The maximum atomic E-state index is 12.0. The van der Waals surface area contributed by atoms with Gasteiger partial charge < -0.3 is 10.6 Å². The van der Waals surface area contributed by atoms with Gasteiger partial charge in [-0.15, -0.1) is 0 Å². The summed E-state index contributed by atoms with van der Waals surface area (Å²) in [6.07, 6.45) is 1.41. The number of para-hydroxylation sites is 1. The molecule has 0 spiro atoms. The maximum absolute atomic E-state index is 12.0. The summed E-state index contributed by atoms with van der Waals surface area (Å²) in [6.45, 7) is 4.85. The molecule has 4 heteroatoms. The van der Waals surface area contributed by atoms with Gasteiger partial charge >= 0.3 is 0 Å². The van der Waals surface area contributed by atoms with Crippen molar-refractivity contribution in [1.82, 2.24) is 0 Å². The molecule has 0 aliphatic rings. The molecular formula is C18H21BrN2O. The van der Waals surface area contributed by atoms with Gasteiger partial charge in [0.25, 0.3) is 0 Å². The lowest BCUT2D eigenvalue weighted by Gasteiger charge is -2.14. The van der Waals surface area contributed by atoms with Crippen LogP contribution in [0.1, 0.15) is 24.5 Å². The fraction of sp³-hybridized carbons (Fsp3) is 0.278. The number of aryl methyl sites for hydroxylation is 2. The first-order valence-electron chi connectivity index (χ1n) is 7.48. The average Bonchev–Trinajstić information content (AvgIpc) is 2.48. The van der Waals surface area contributed by atoms with E-state index in [1.54, 1.807) is 0 Å². The highest BCUT2D eigenvalue weighted by Crippen LogP contribution is 2.21. The second-order valence-corrected chi connectivity index (χ2v) is 6.11. The quantitative estimate of drug-likeness (QED) is 0.779. The molecule has 0 radical (unpaired) electrons. The Morgan fingerprint density at radius 1 is 1.18 bits per heavy atom. The molecule has 0 atom stereocenters. The molecule has 0 saturated heterocycles. The van der Waals surface area contributed by atoms with E-state index in [4.69, 9.17) is 0 Å². The number of halogens is 1. The van der Waals surface area contributed by atoms with E-state index < -0.39 is 0 Å². The lowest BCUT2D eigenvalue weighted by atomic mass is 10.1. The van der Waals surface area contributed by atoms with Crippen LogP contribution in [-0.4, -0.2) is 12.5 Å². The highest BCUT2D eigenvalue weighted by molar-refractivity contribution is 9.10. The topological polar surface area (TPSA) is 41.1 Å². The van der Waals surface area contributed by atoms with E-state index in [0.29, 0.717) is 13.0 Å². The van der Waals surface area contributed by atoms with Gasteiger partial charge in [0.2, 0.25) is 5.91 Å². The summed E-state index contributed by atoms with van der Waals surface area (Å²) < 4.78 is 0.955. The van der Waals surface area contributed by atoms with Crippen LogP contribution in [0.2, 0.25) is 0 Å². The fourth-order valence-corrected chi connectivity index (χ4v) is 2.77. The van der Waals surface area contributed by atoms with Gasteiger partial charge in [0, 0.05) is 28.8 Å². The molecule has 2 rings (SSSR count). The zero-order valence-corrected chi connectivity index (χ0v) is 14.5. The predicted octanol–water partition coefficient (Wildman–Crippen LogP) is 4.76. The average molecular weight is 361 g/mol. The summed E-state index contributed by atoms with van der Waals surface area (Å²) in [7, 11) is 0. The van der Waals surface area contributed by atoms with Crippen LogP contribution in [0.25, 0.3) is 0 Å². The minimum absolute atomic E-state index is 0.0113. The molecule has 2 aromatic rings. The van der Waals surface area contributed by atoms with Gasteiger partial charge in [-0.3, -0.25) is 4.79 Å². The van der Waals surface area contributed by atoms with Gasteiger partial charge in [0.15, 0.2) is 0 Å². The molecule has 0 saturated carbocycles. The Morgan fingerprint density at radius 2 is 1.95 bits per heavy atom. The van der Waals surface area contributed by atoms with Crippen molar-refractivity contribution in [3.63, 3.8) is 0 Å². The summed E-state index contributed by atoms with van der Waals surface area (Å²) in [5, 5.41) is 6.29. The molecule has 1 amide bonds. The van der Waals surface area contributed by atoms with Crippen LogP contribution in [-0.2, 0) is 11.2 Å². The Balaban J connectivity index is 1.87. The Morgan fingerprint density at radius 3 is 2.68 bits per heavy atom. The molecule has 0 aliphatic carbocycles. The summed E-state index contributed by atoms with van der Waals surface area (Å²) in [4.78, 5) is 12.0. The van der Waals surface area contributed by atoms with Gasteiger partial charge in [-0.2, -0.15) is 0 Å². The van der Waals surface area contributed by atoms with Crippen LogP contribution in [0, 0.1) is 6.92 Å². The Labute approximate surface area is 140 Å². The monoisotopic (exact) mass is 360 g/mol. The standard InChI is InChI=1S/C18H21BrN2O/c1-3-14-7-4-6-13(2)18(14)20-11-10-17(22)21-16-9-5-8-15(19)12-16/h4-9,12,20H,3,10-11H2,1-2H3,(H,21,22). The zero-order valence-electron chi connectivity index (χ0n) is 12.9. The van der Waals surface area contributed by atoms with Gasteiger partial charge in [0.05, 0.1) is 0 Å². The highest BCUT2D eigenvalue weighted by atomic mass is 79.9. The molecule has 2 aromatic carbocycles. The van der Waals surface area contributed by atoms with E-state index >= 15 is 0 Å². The van der Waals surface area contributed by atoms with E-state index in [0.717, 1.165) is 22.3 Å². The van der Waals surface area contributed by atoms with E-state index in [1.165, 1.54) is 11.1 Å². The zero-order chi connectivity index (χ0) is 15.9. The Hall–Kier alpha value is -1.81. The minimum atomic E-state index is 0.0113. The number of hydrogen-bond acceptors (Lipinski definition) is 2. The Kier molecular flexibility index (Phi) is 6.01. The first-order chi connectivity index (χ1) is 10.6. The van der Waals surface area contributed by atoms with Gasteiger partial charge in [-0.05, 0) is 42.7 Å². The number of nitrogens with one attached hydrogen (secondary N) is 2. The maximum Gasteiger partial charge on any atom is 0.226 e. The van der Waals surface area contributed by atoms with Crippen molar-refractivity contribution in [3.8, 4) is 0 Å². The van der Waals surface area contributed by atoms with Crippen LogP contribution in [0.4, 0.5) is 11.4 Å². The Bertz CT molecular complexity index is 655. The van der Waals surface area contributed by atoms with Crippen molar-refractivity contribution in [2.24, 2.45) is 0 Å². The van der Waals surface area contributed by atoms with E-state index in [2.05, 4.69) is 58.6 Å². The van der Waals surface area contributed by atoms with E-state index in [-0.39, 0.29) is 5.91 Å². The normalized spacial score (nSPS) is 10.3. The second kappa shape index (κ2) is 7.99. The first kappa shape index (κ1) is 16.6. The van der Waals surface area contributed by atoms with Crippen molar-refractivity contribution < 1.29 is 4.79 Å². The largest absolute Gasteiger partial charge is 0.384 e. The summed E-state index contributed by atoms with van der Waals surface area (Å²) in [5.74, 6) is 0.0113. The van der Waals surface area contributed by atoms with Crippen LogP contribution >= 0.6 is 15.9 Å². The smallest absolute Gasteiger partial charge is 0.226 e. The molecule has 116 valence electrons. The van der Waals surface area contributed by atoms with Crippen molar-refractivity contribution in [1.29, 1.82) is 0 Å². The molecule has 0 bridgehead atoms. The minimum Gasteiger partial charge on any atom is -0.384 e. The second-order valence-electron chi connectivity index (χ2n) is 5.20. The number of carbonyl (C=O) groups is 1. The van der Waals surface area contributed by atoms with Crippen molar-refractivity contribution in [3.05, 3.63) is 58.1 Å². The van der Waals surface area contributed by atoms with Crippen molar-refractivity contribution in [2.45, 2.75) is 26.7 Å². The van der Waals surface area contributed by atoms with Crippen LogP contribution in [0.3, 0.4) is 0 Å². The lowest BCUT2D eigenvalue weighted by molar-refractivity contribution is -0.115. The lowest BCUT2D eigenvalue weighted by Crippen LogP contribution is -2.17. The first-order valence-corrected chi connectivity index (χ1v) is 8.27. The molecule has 3 nitrogen and oxygen atoms in total. The molecule has 0 aliphatic heterocycles. The molecular weight excluding hydrogens is 340 g/mol. The molecule has 2 N–H and O–H groups in total. The molecule has 0 fully saturated rings. The number of carbonyl (C=O) groups excluding carboxylic acids is 1. The number of anilines is 2. The van der Waals surface area contributed by atoms with Gasteiger partial charge in [-0.1, -0.05) is 47.1 Å². The van der Waals surface area contributed by atoms with Crippen LogP contribution in [0.5, 0.6) is 0 Å². The molecule has 0 heterocycles. The summed E-state index contributed by atoms with van der Waals surface area (Å²) >= 11 is 3.40. The summed E-state index contributed by atoms with van der Waals surface area (Å²) in [6, 6.07) is 13.9. The highest BCUT2D eigenvalue weighted by Gasteiger charge is 2.06. The third kappa shape index (κ3) is 4.60. The van der Waals surface area contributed by atoms with E-state index in [1.807, 2.05) is 24.3 Å². The van der Waals surface area contributed by atoms with Crippen LogP contribution < -0.4 is 10.6 Å². The van der Waals surface area contributed by atoms with Crippen LogP contribution in [0.15, 0.2) is 46.9 Å². The number of benzene rings is 2. The number of amides is 1.